The molecule has 0 N–H and O–H groups in total. The zero-order chi connectivity index (χ0) is 33.6. The first-order valence-corrected chi connectivity index (χ1v) is 19.0. The van der Waals surface area contributed by atoms with E-state index >= 15 is 0 Å². The molecular formula is C43H56O5. The lowest BCUT2D eigenvalue weighted by atomic mass is 9.44. The molecule has 5 nitrogen and oxygen atoms in total. The van der Waals surface area contributed by atoms with Crippen LogP contribution in [0.25, 0.3) is 21.7 Å². The summed E-state index contributed by atoms with van der Waals surface area (Å²) in [7, 11) is 0. The summed E-state index contributed by atoms with van der Waals surface area (Å²) in [5, 5.41) is 2.23. The number of carbonyl (C=O) groups excluding carboxylic acids is 1. The van der Waals surface area contributed by atoms with E-state index in [4.69, 9.17) is 13.9 Å². The Bertz CT molecular complexity index is 1730. The lowest BCUT2D eigenvalue weighted by molar-refractivity contribution is -0.154. The minimum atomic E-state index is -0.380. The van der Waals surface area contributed by atoms with Crippen molar-refractivity contribution in [2.24, 2.45) is 46.3 Å². The second-order valence-corrected chi connectivity index (χ2v) is 17.0. The first kappa shape index (κ1) is 33.4. The minimum absolute atomic E-state index is 0.0977. The Labute approximate surface area is 286 Å². The average Bonchev–Trinajstić information content (AvgIpc) is 3.06. The zero-order valence-electron chi connectivity index (χ0n) is 29.9. The van der Waals surface area contributed by atoms with E-state index in [1.165, 1.54) is 63.4 Å². The molecule has 4 aliphatic rings. The van der Waals surface area contributed by atoms with Crippen molar-refractivity contribution in [3.05, 3.63) is 64.5 Å². The van der Waals surface area contributed by atoms with Gasteiger partial charge in [-0.1, -0.05) is 83.7 Å². The highest BCUT2D eigenvalue weighted by Gasteiger charge is 2.56. The third-order valence-electron chi connectivity index (χ3n) is 13.6. The normalized spacial score (nSPS) is 32.2. The Hall–Kier alpha value is -3.08. The monoisotopic (exact) mass is 652 g/mol. The van der Waals surface area contributed by atoms with Gasteiger partial charge in [-0.3, -0.25) is 0 Å². The molecule has 7 rings (SSSR count). The molecule has 0 saturated heterocycles. The fraction of sp³-hybridized carbons (Fsp3) is 0.628. The van der Waals surface area contributed by atoms with Crippen molar-refractivity contribution < 1.29 is 18.7 Å². The van der Waals surface area contributed by atoms with Gasteiger partial charge in [0, 0.05) is 17.9 Å². The molecular weight excluding hydrogens is 596 g/mol. The smallest absolute Gasteiger partial charge is 0.344 e. The van der Waals surface area contributed by atoms with Gasteiger partial charge in [-0.2, -0.15) is 0 Å². The minimum Gasteiger partial charge on any atom is -0.482 e. The van der Waals surface area contributed by atoms with Crippen LogP contribution in [-0.2, 0) is 9.53 Å². The lowest BCUT2D eigenvalue weighted by Crippen LogP contribution is -2.52. The van der Waals surface area contributed by atoms with Crippen LogP contribution >= 0.6 is 0 Å². The van der Waals surface area contributed by atoms with Gasteiger partial charge >= 0.3 is 11.6 Å². The number of hydrogen-bond donors (Lipinski definition) is 0. The Kier molecular flexibility index (Phi) is 9.28. The van der Waals surface area contributed by atoms with E-state index in [1.54, 1.807) is 12.1 Å². The van der Waals surface area contributed by atoms with Gasteiger partial charge in [0.25, 0.3) is 0 Å². The molecule has 48 heavy (non-hydrogen) atoms. The molecule has 5 heteroatoms. The van der Waals surface area contributed by atoms with Gasteiger partial charge in [-0.05, 0) is 121 Å². The molecule has 1 aromatic heterocycles. The van der Waals surface area contributed by atoms with Crippen LogP contribution < -0.4 is 10.4 Å². The van der Waals surface area contributed by atoms with Gasteiger partial charge in [-0.25, -0.2) is 9.59 Å². The second-order valence-electron chi connectivity index (χ2n) is 17.0. The van der Waals surface area contributed by atoms with Gasteiger partial charge in [0.05, 0.1) is 5.39 Å². The SMILES string of the molecule is CC(C)CCC[C@@H](C)[C@@H]1CC[C@H]2[C@H]3CC=C4C[C@H](OC(=O)COc5ccc6c(c5)oc(=O)c5ccccc56)CC[C@]4(C)[C@@H]3CC[C@]2(C)C1. The fourth-order valence-corrected chi connectivity index (χ4v) is 10.9. The summed E-state index contributed by atoms with van der Waals surface area (Å²) in [5.74, 6) is 5.10. The van der Waals surface area contributed by atoms with Crippen molar-refractivity contribution in [2.45, 2.75) is 118 Å². The van der Waals surface area contributed by atoms with Crippen LogP contribution in [0.4, 0.5) is 0 Å². The first-order valence-electron chi connectivity index (χ1n) is 19.0. The summed E-state index contributed by atoms with van der Waals surface area (Å²) >= 11 is 0. The zero-order valence-corrected chi connectivity index (χ0v) is 29.9. The molecule has 0 aliphatic heterocycles. The fourth-order valence-electron chi connectivity index (χ4n) is 10.9. The van der Waals surface area contributed by atoms with E-state index < -0.39 is 0 Å². The Morgan fingerprint density at radius 2 is 1.75 bits per heavy atom. The van der Waals surface area contributed by atoms with Crippen molar-refractivity contribution in [1.29, 1.82) is 0 Å². The van der Waals surface area contributed by atoms with Crippen molar-refractivity contribution in [1.82, 2.24) is 0 Å². The Morgan fingerprint density at radius 3 is 2.56 bits per heavy atom. The maximum absolute atomic E-state index is 13.0. The molecule has 4 aliphatic carbocycles. The van der Waals surface area contributed by atoms with Crippen LogP contribution in [0.5, 0.6) is 5.75 Å². The number of allylic oxidation sites excluding steroid dienone is 1. The molecule has 258 valence electrons. The molecule has 0 unspecified atom stereocenters. The van der Waals surface area contributed by atoms with Crippen LogP contribution in [0.2, 0.25) is 0 Å². The number of fused-ring (bicyclic) bond motifs is 8. The molecule has 0 radical (unpaired) electrons. The molecule has 2 aromatic carbocycles. The van der Waals surface area contributed by atoms with Crippen LogP contribution in [0.15, 0.2) is 63.3 Å². The average molecular weight is 653 g/mol. The summed E-state index contributed by atoms with van der Waals surface area (Å²) in [4.78, 5) is 25.4. The summed E-state index contributed by atoms with van der Waals surface area (Å²) < 4.78 is 17.4. The summed E-state index contributed by atoms with van der Waals surface area (Å²) in [6.07, 6.45) is 17.7. The summed E-state index contributed by atoms with van der Waals surface area (Å²) in [5.41, 5.74) is 2.32. The Morgan fingerprint density at radius 1 is 0.938 bits per heavy atom. The molecule has 1 heterocycles. The maximum atomic E-state index is 13.0. The van der Waals surface area contributed by atoms with Crippen molar-refractivity contribution >= 4 is 27.7 Å². The highest BCUT2D eigenvalue weighted by atomic mass is 16.6. The first-order chi connectivity index (χ1) is 23.0. The molecule has 0 spiro atoms. The largest absolute Gasteiger partial charge is 0.482 e. The molecule has 0 bridgehead atoms. The third kappa shape index (κ3) is 6.36. The van der Waals surface area contributed by atoms with E-state index in [1.807, 2.05) is 30.3 Å². The van der Waals surface area contributed by atoms with Gasteiger partial charge < -0.3 is 13.9 Å². The van der Waals surface area contributed by atoms with E-state index in [0.717, 1.165) is 65.5 Å². The molecule has 8 atom stereocenters. The van der Waals surface area contributed by atoms with Crippen LogP contribution in [0.1, 0.15) is 112 Å². The van der Waals surface area contributed by atoms with Gasteiger partial charge in [-0.15, -0.1) is 0 Å². The van der Waals surface area contributed by atoms with Crippen LogP contribution in [-0.4, -0.2) is 18.7 Å². The van der Waals surface area contributed by atoms with Crippen molar-refractivity contribution in [3.8, 4) is 5.75 Å². The van der Waals surface area contributed by atoms with E-state index in [9.17, 15) is 9.59 Å². The predicted octanol–water partition coefficient (Wildman–Crippen LogP) is 10.7. The molecule has 3 saturated carbocycles. The highest BCUT2D eigenvalue weighted by Crippen LogP contribution is 2.65. The van der Waals surface area contributed by atoms with E-state index in [0.29, 0.717) is 22.1 Å². The van der Waals surface area contributed by atoms with Crippen molar-refractivity contribution in [2.75, 3.05) is 6.61 Å². The number of hydrogen-bond acceptors (Lipinski definition) is 5. The topological polar surface area (TPSA) is 65.7 Å². The maximum Gasteiger partial charge on any atom is 0.344 e. The van der Waals surface area contributed by atoms with Gasteiger partial charge in [0.15, 0.2) is 6.61 Å². The standard InChI is InChI=1S/C43H56O5/c1-27(2)9-8-10-28(3)29-13-18-37-36-16-14-30-23-32(19-22-43(30,5)38(36)20-21-42(37,4)25-29)47-40(44)26-46-31-15-17-34-33-11-6-7-12-35(33)41(45)48-39(34)24-31/h6-7,11-12,14-15,17,24,27-29,32,36-38H,8-10,13,16,18-23,25-26H2,1-5H3/t28-,29-,32-,36-,37+,38-,42-,43+/m1/s1. The molecule has 3 fully saturated rings. The number of esters is 1. The third-order valence-corrected chi connectivity index (χ3v) is 13.6. The van der Waals surface area contributed by atoms with E-state index in [2.05, 4.69) is 40.7 Å². The molecule has 0 amide bonds. The van der Waals surface area contributed by atoms with Gasteiger partial charge in [0.1, 0.15) is 17.4 Å². The van der Waals surface area contributed by atoms with E-state index in [-0.39, 0.29) is 29.7 Å². The second kappa shape index (κ2) is 13.3. The van der Waals surface area contributed by atoms with Crippen LogP contribution in [0, 0.1) is 46.3 Å². The number of ether oxygens (including phenoxy) is 2. The quantitative estimate of drug-likeness (QED) is 0.0996. The number of rotatable bonds is 9. The number of carbonyl (C=O) groups is 1. The predicted molar refractivity (Wildman–Crippen MR) is 193 cm³/mol. The summed E-state index contributed by atoms with van der Waals surface area (Å²) in [6, 6.07) is 12.8. The van der Waals surface area contributed by atoms with Crippen molar-refractivity contribution in [3.63, 3.8) is 0 Å². The number of benzene rings is 2. The highest BCUT2D eigenvalue weighted by molar-refractivity contribution is 6.04. The molecule has 3 aromatic rings. The Balaban J connectivity index is 0.947. The van der Waals surface area contributed by atoms with Gasteiger partial charge in [0.2, 0.25) is 0 Å². The van der Waals surface area contributed by atoms with Crippen LogP contribution in [0.3, 0.4) is 0 Å². The lowest BCUT2D eigenvalue weighted by Gasteiger charge is -2.61. The summed E-state index contributed by atoms with van der Waals surface area (Å²) in [6.45, 7) is 12.3.